The Morgan fingerprint density at radius 2 is 1.85 bits per heavy atom. The minimum Gasteiger partial charge on any atom is -0.260 e. The van der Waals surface area contributed by atoms with E-state index < -0.39 is 10.0 Å². The summed E-state index contributed by atoms with van der Waals surface area (Å²) in [5.74, 6) is 0.144. The third kappa shape index (κ3) is 2.73. The number of rotatable bonds is 4. The first-order valence-corrected chi connectivity index (χ1v) is 8.20. The molecular formula is C15H16N2O2S. The number of fused-ring (bicyclic) bond motifs is 1. The molecule has 1 aliphatic rings. The van der Waals surface area contributed by atoms with Crippen LogP contribution in [0.25, 0.3) is 0 Å². The van der Waals surface area contributed by atoms with E-state index in [1.54, 1.807) is 6.20 Å². The number of hydrogen-bond donors (Lipinski definition) is 0. The van der Waals surface area contributed by atoms with Crippen molar-refractivity contribution in [2.45, 2.75) is 19.5 Å². The monoisotopic (exact) mass is 288 g/mol. The van der Waals surface area contributed by atoms with Crippen LogP contribution in [0.2, 0.25) is 0 Å². The van der Waals surface area contributed by atoms with Crippen LogP contribution in [0.3, 0.4) is 0 Å². The molecule has 3 rings (SSSR count). The standard InChI is InChI=1S/C15H16N2O2S/c18-20(19,10-8-13-5-2-1-3-6-13)17-11-14-7-4-9-16-15(14)12-17/h1-7,9H,8,10-12H2. The van der Waals surface area contributed by atoms with Crippen molar-refractivity contribution in [1.82, 2.24) is 9.29 Å². The Morgan fingerprint density at radius 3 is 2.60 bits per heavy atom. The van der Waals surface area contributed by atoms with E-state index in [1.807, 2.05) is 42.5 Å². The summed E-state index contributed by atoms with van der Waals surface area (Å²) >= 11 is 0. The molecule has 2 aromatic rings. The second-order valence-electron chi connectivity index (χ2n) is 4.93. The molecule has 0 N–H and O–H groups in total. The van der Waals surface area contributed by atoms with Gasteiger partial charge in [-0.15, -0.1) is 0 Å². The van der Waals surface area contributed by atoms with Gasteiger partial charge in [0.25, 0.3) is 0 Å². The Hall–Kier alpha value is -1.72. The smallest absolute Gasteiger partial charge is 0.215 e. The molecule has 5 heteroatoms. The first kappa shape index (κ1) is 13.3. The molecule has 0 saturated carbocycles. The molecule has 0 aliphatic carbocycles. The molecule has 0 bridgehead atoms. The molecule has 0 amide bonds. The average Bonchev–Trinajstić information content (AvgIpc) is 2.91. The van der Waals surface area contributed by atoms with E-state index >= 15 is 0 Å². The number of hydrogen-bond acceptors (Lipinski definition) is 3. The van der Waals surface area contributed by atoms with E-state index in [4.69, 9.17) is 0 Å². The summed E-state index contributed by atoms with van der Waals surface area (Å²) in [6, 6.07) is 13.5. The van der Waals surface area contributed by atoms with Gasteiger partial charge in [-0.2, -0.15) is 4.31 Å². The first-order chi connectivity index (χ1) is 9.65. The molecule has 2 heterocycles. The fraction of sp³-hybridized carbons (Fsp3) is 0.267. The Labute approximate surface area is 119 Å². The molecule has 0 spiro atoms. The summed E-state index contributed by atoms with van der Waals surface area (Å²) < 4.78 is 26.3. The van der Waals surface area contributed by atoms with Gasteiger partial charge in [-0.05, 0) is 23.6 Å². The van der Waals surface area contributed by atoms with Crippen LogP contribution in [0, 0.1) is 0 Å². The molecule has 1 aromatic carbocycles. The van der Waals surface area contributed by atoms with Crippen LogP contribution in [0.1, 0.15) is 16.8 Å². The van der Waals surface area contributed by atoms with Gasteiger partial charge >= 0.3 is 0 Å². The van der Waals surface area contributed by atoms with Crippen LogP contribution in [0.5, 0.6) is 0 Å². The minimum atomic E-state index is -3.23. The van der Waals surface area contributed by atoms with E-state index in [2.05, 4.69) is 4.98 Å². The van der Waals surface area contributed by atoms with Gasteiger partial charge in [-0.3, -0.25) is 4.98 Å². The van der Waals surface area contributed by atoms with Crippen molar-refractivity contribution in [2.24, 2.45) is 0 Å². The third-order valence-electron chi connectivity index (χ3n) is 3.54. The zero-order valence-corrected chi connectivity index (χ0v) is 11.9. The number of aromatic nitrogens is 1. The van der Waals surface area contributed by atoms with Crippen molar-refractivity contribution in [1.29, 1.82) is 0 Å². The van der Waals surface area contributed by atoms with E-state index in [0.29, 0.717) is 19.5 Å². The predicted molar refractivity (Wildman–Crippen MR) is 77.4 cm³/mol. The summed E-state index contributed by atoms with van der Waals surface area (Å²) in [6.45, 7) is 0.841. The molecular weight excluding hydrogens is 272 g/mol. The van der Waals surface area contributed by atoms with Crippen molar-refractivity contribution in [3.63, 3.8) is 0 Å². The zero-order chi connectivity index (χ0) is 14.0. The number of benzene rings is 1. The average molecular weight is 288 g/mol. The first-order valence-electron chi connectivity index (χ1n) is 6.60. The highest BCUT2D eigenvalue weighted by Crippen LogP contribution is 2.23. The molecule has 0 atom stereocenters. The molecule has 1 aromatic heterocycles. The summed E-state index contributed by atoms with van der Waals surface area (Å²) in [4.78, 5) is 4.24. The highest BCUT2D eigenvalue weighted by Gasteiger charge is 2.29. The molecule has 20 heavy (non-hydrogen) atoms. The largest absolute Gasteiger partial charge is 0.260 e. The van der Waals surface area contributed by atoms with E-state index in [9.17, 15) is 8.42 Å². The minimum absolute atomic E-state index is 0.144. The fourth-order valence-corrected chi connectivity index (χ4v) is 3.79. The lowest BCUT2D eigenvalue weighted by atomic mass is 10.2. The highest BCUT2D eigenvalue weighted by atomic mass is 32.2. The quantitative estimate of drug-likeness (QED) is 0.864. The Morgan fingerprint density at radius 1 is 1.05 bits per heavy atom. The second-order valence-corrected chi connectivity index (χ2v) is 7.02. The van der Waals surface area contributed by atoms with Crippen LogP contribution < -0.4 is 0 Å². The molecule has 0 saturated heterocycles. The fourth-order valence-electron chi connectivity index (χ4n) is 2.39. The SMILES string of the molecule is O=S(=O)(CCc1ccccc1)N1Cc2cccnc2C1. The van der Waals surface area contributed by atoms with Crippen LogP contribution in [0.15, 0.2) is 48.7 Å². The van der Waals surface area contributed by atoms with Crippen molar-refractivity contribution in [3.05, 3.63) is 65.5 Å². The van der Waals surface area contributed by atoms with Gasteiger partial charge in [-0.1, -0.05) is 36.4 Å². The van der Waals surface area contributed by atoms with Gasteiger partial charge in [0.15, 0.2) is 0 Å². The number of sulfonamides is 1. The van der Waals surface area contributed by atoms with E-state index in [-0.39, 0.29) is 5.75 Å². The summed E-state index contributed by atoms with van der Waals surface area (Å²) in [6.07, 6.45) is 2.25. The predicted octanol–water partition coefficient (Wildman–Crippen LogP) is 1.97. The molecule has 104 valence electrons. The molecule has 0 radical (unpaired) electrons. The summed E-state index contributed by atoms with van der Waals surface area (Å²) in [5, 5.41) is 0. The number of nitrogens with zero attached hydrogens (tertiary/aromatic N) is 2. The maximum Gasteiger partial charge on any atom is 0.215 e. The molecule has 0 unspecified atom stereocenters. The van der Waals surface area contributed by atoms with Gasteiger partial charge < -0.3 is 0 Å². The van der Waals surface area contributed by atoms with Crippen LogP contribution in [-0.2, 0) is 29.5 Å². The zero-order valence-electron chi connectivity index (χ0n) is 11.1. The van der Waals surface area contributed by atoms with Crippen LogP contribution in [-0.4, -0.2) is 23.5 Å². The van der Waals surface area contributed by atoms with Gasteiger partial charge in [0.1, 0.15) is 0 Å². The lowest BCUT2D eigenvalue weighted by Crippen LogP contribution is -2.29. The molecule has 4 nitrogen and oxygen atoms in total. The van der Waals surface area contributed by atoms with Gasteiger partial charge in [0, 0.05) is 12.7 Å². The molecule has 0 fully saturated rings. The lowest BCUT2D eigenvalue weighted by Gasteiger charge is -2.15. The maximum absolute atomic E-state index is 12.4. The highest BCUT2D eigenvalue weighted by molar-refractivity contribution is 7.89. The van der Waals surface area contributed by atoms with Crippen molar-refractivity contribution < 1.29 is 8.42 Å². The van der Waals surface area contributed by atoms with E-state index in [1.165, 1.54) is 4.31 Å². The van der Waals surface area contributed by atoms with Crippen molar-refractivity contribution in [2.75, 3.05) is 5.75 Å². The van der Waals surface area contributed by atoms with Gasteiger partial charge in [-0.25, -0.2) is 8.42 Å². The third-order valence-corrected chi connectivity index (χ3v) is 5.31. The van der Waals surface area contributed by atoms with Crippen molar-refractivity contribution >= 4 is 10.0 Å². The Bertz CT molecular complexity index is 674. The van der Waals surface area contributed by atoms with Crippen molar-refractivity contribution in [3.8, 4) is 0 Å². The molecule has 1 aliphatic heterocycles. The van der Waals surface area contributed by atoms with E-state index in [0.717, 1.165) is 16.8 Å². The van der Waals surface area contributed by atoms with Gasteiger partial charge in [0.05, 0.1) is 18.0 Å². The van der Waals surface area contributed by atoms with Crippen LogP contribution >= 0.6 is 0 Å². The normalized spacial score (nSPS) is 15.2. The lowest BCUT2D eigenvalue weighted by molar-refractivity contribution is 0.429. The summed E-state index contributed by atoms with van der Waals surface area (Å²) in [5.41, 5.74) is 2.93. The topological polar surface area (TPSA) is 50.3 Å². The van der Waals surface area contributed by atoms with Crippen LogP contribution in [0.4, 0.5) is 0 Å². The second kappa shape index (κ2) is 5.34. The number of aryl methyl sites for hydroxylation is 1. The number of pyridine rings is 1. The van der Waals surface area contributed by atoms with Gasteiger partial charge in [0.2, 0.25) is 10.0 Å². The Balaban J connectivity index is 1.68. The maximum atomic E-state index is 12.4. The summed E-state index contributed by atoms with van der Waals surface area (Å²) in [7, 11) is -3.23. The Kier molecular flexibility index (Phi) is 3.54.